The van der Waals surface area contributed by atoms with Crippen molar-refractivity contribution in [3.63, 3.8) is 0 Å². The van der Waals surface area contributed by atoms with Crippen molar-refractivity contribution < 1.29 is 0 Å². The van der Waals surface area contributed by atoms with Gasteiger partial charge in [-0.2, -0.15) is 0 Å². The van der Waals surface area contributed by atoms with E-state index in [2.05, 4.69) is 234 Å². The second-order valence-corrected chi connectivity index (χ2v) is 26.5. The Morgan fingerprint density at radius 2 is 0.318 bits per heavy atom. The molecule has 0 aliphatic heterocycles. The topological polar surface area (TPSA) is 0 Å². The second-order valence-electron chi connectivity index (χ2n) is 26.5. The van der Waals surface area contributed by atoms with E-state index in [4.69, 9.17) is 0 Å². The van der Waals surface area contributed by atoms with Crippen LogP contribution in [-0.2, 0) is 71.0 Å². The maximum Gasteiger partial charge on any atom is -0.00226 e. The van der Waals surface area contributed by atoms with Gasteiger partial charge in [0.15, 0.2) is 0 Å². The Hall–Kier alpha value is -4.68. The molecule has 7 rings (SSSR count). The fraction of sp³-hybridized carbons (Fsp3) is 0.455. The number of rotatable bonds is 0. The number of benzene rings is 6. The lowest BCUT2D eigenvalue weighted by Crippen LogP contribution is -2.18. The van der Waals surface area contributed by atoms with Crippen molar-refractivity contribution in [2.75, 3.05) is 0 Å². The fourth-order valence-corrected chi connectivity index (χ4v) is 11.1. The van der Waals surface area contributed by atoms with Gasteiger partial charge >= 0.3 is 0 Å². The van der Waals surface area contributed by atoms with E-state index in [-0.39, 0.29) is 32.5 Å². The molecule has 0 spiro atoms. The molecule has 6 aromatic carbocycles. The van der Waals surface area contributed by atoms with E-state index in [9.17, 15) is 0 Å². The van der Waals surface area contributed by atoms with Crippen LogP contribution in [-0.4, -0.2) is 0 Å². The Kier molecular flexibility index (Phi) is 13.2. The van der Waals surface area contributed by atoms with Gasteiger partial charge in [-0.3, -0.25) is 0 Å². The summed E-state index contributed by atoms with van der Waals surface area (Å²) in [5, 5.41) is 0. The van der Waals surface area contributed by atoms with Gasteiger partial charge in [0.05, 0.1) is 0 Å². The van der Waals surface area contributed by atoms with Crippen LogP contribution in [0.5, 0.6) is 0 Å². The number of hydrogen-bond acceptors (Lipinski definition) is 0. The van der Waals surface area contributed by atoms with Gasteiger partial charge in [0.1, 0.15) is 0 Å². The largest absolute Gasteiger partial charge is 0.0584 e. The Morgan fingerprint density at radius 1 is 0.197 bits per heavy atom. The monoisotopic (exact) mass is 877 g/mol. The molecule has 12 bridgehead atoms. The molecule has 0 amide bonds. The van der Waals surface area contributed by atoms with Gasteiger partial charge in [-0.25, -0.2) is 0 Å². The highest BCUT2D eigenvalue weighted by atomic mass is 14.3. The molecule has 0 nitrogen and oxygen atoms in total. The quantitative estimate of drug-likeness (QED) is 0.142. The number of fused-ring (bicyclic) bond motifs is 12. The Labute approximate surface area is 403 Å². The summed E-state index contributed by atoms with van der Waals surface area (Å²) in [6.07, 6.45) is 5.48. The molecule has 0 unspecified atom stereocenters. The van der Waals surface area contributed by atoms with Crippen molar-refractivity contribution >= 4 is 0 Å². The van der Waals surface area contributed by atoms with E-state index in [0.29, 0.717) is 0 Å². The van der Waals surface area contributed by atoms with E-state index in [1.54, 1.807) is 0 Å². The molecule has 1 aliphatic carbocycles. The Bertz CT molecular complexity index is 2230. The zero-order chi connectivity index (χ0) is 48.4. The molecule has 0 heteroatoms. The van der Waals surface area contributed by atoms with Gasteiger partial charge in [0, 0.05) is 0 Å². The van der Waals surface area contributed by atoms with Crippen molar-refractivity contribution in [2.24, 2.45) is 0 Å². The summed E-state index contributed by atoms with van der Waals surface area (Å²) >= 11 is 0. The van der Waals surface area contributed by atoms with Crippen LogP contribution in [0.1, 0.15) is 225 Å². The molecule has 0 saturated carbocycles. The van der Waals surface area contributed by atoms with Gasteiger partial charge in [-0.05, 0) is 171 Å². The maximum atomic E-state index is 2.55. The molecule has 0 radical (unpaired) electrons. The summed E-state index contributed by atoms with van der Waals surface area (Å²) in [6, 6.07) is 44.5. The summed E-state index contributed by atoms with van der Waals surface area (Å²) in [6.45, 7) is 42.7. The molecule has 1 aliphatic rings. The van der Waals surface area contributed by atoms with Crippen LogP contribution in [0.4, 0.5) is 0 Å². The lowest BCUT2D eigenvalue weighted by atomic mass is 9.77. The van der Waals surface area contributed by atoms with Crippen molar-refractivity contribution in [3.05, 3.63) is 209 Å². The molecule has 66 heavy (non-hydrogen) atoms. The molecule has 0 N–H and O–H groups in total. The van der Waals surface area contributed by atoms with Crippen LogP contribution in [0.15, 0.2) is 109 Å². The average molecular weight is 877 g/mol. The molecule has 0 fully saturated rings. The molecule has 6 aromatic rings. The van der Waals surface area contributed by atoms with Crippen LogP contribution < -0.4 is 0 Å². The molecule has 0 aromatic heterocycles. The van der Waals surface area contributed by atoms with Gasteiger partial charge in [0.25, 0.3) is 0 Å². The van der Waals surface area contributed by atoms with Gasteiger partial charge in [-0.15, -0.1) is 0 Å². The van der Waals surface area contributed by atoms with Gasteiger partial charge in [-0.1, -0.05) is 234 Å². The van der Waals surface area contributed by atoms with Gasteiger partial charge in [0.2, 0.25) is 0 Å². The van der Waals surface area contributed by atoms with Crippen LogP contribution in [0.2, 0.25) is 0 Å². The molecular weight excluding hydrogens is 793 g/mol. The van der Waals surface area contributed by atoms with Crippen molar-refractivity contribution in [2.45, 2.75) is 196 Å². The van der Waals surface area contributed by atoms with Gasteiger partial charge < -0.3 is 0 Å². The Morgan fingerprint density at radius 3 is 0.424 bits per heavy atom. The summed E-state index contributed by atoms with van der Waals surface area (Å²) in [5.41, 5.74) is 25.8. The highest BCUT2D eigenvalue weighted by molar-refractivity contribution is 5.51. The van der Waals surface area contributed by atoms with E-state index in [1.165, 1.54) is 100 Å². The van der Waals surface area contributed by atoms with E-state index in [1.807, 2.05) is 0 Å². The third kappa shape index (κ3) is 11.4. The summed E-state index contributed by atoms with van der Waals surface area (Å²) < 4.78 is 0. The molecule has 0 atom stereocenters. The van der Waals surface area contributed by atoms with E-state index < -0.39 is 0 Å². The maximum absolute atomic E-state index is 2.55. The zero-order valence-electron chi connectivity index (χ0n) is 44.6. The average Bonchev–Trinajstić information content (AvgIpc) is 3.15. The zero-order valence-corrected chi connectivity index (χ0v) is 44.6. The third-order valence-corrected chi connectivity index (χ3v) is 14.2. The highest BCUT2D eigenvalue weighted by Crippen LogP contribution is 2.38. The first-order chi connectivity index (χ1) is 30.4. The third-order valence-electron chi connectivity index (χ3n) is 14.2. The van der Waals surface area contributed by atoms with Crippen molar-refractivity contribution in [1.82, 2.24) is 0 Å². The first-order valence-corrected chi connectivity index (χ1v) is 25.2. The second kappa shape index (κ2) is 17.8. The van der Waals surface area contributed by atoms with Crippen molar-refractivity contribution in [3.8, 4) is 0 Å². The Balaban J connectivity index is 1.47. The van der Waals surface area contributed by atoms with Crippen LogP contribution in [0.3, 0.4) is 0 Å². The lowest BCUT2D eigenvalue weighted by molar-refractivity contribution is 0.581. The molecule has 0 heterocycles. The van der Waals surface area contributed by atoms with Crippen LogP contribution >= 0.6 is 0 Å². The minimum absolute atomic E-state index is 0.0272. The summed E-state index contributed by atoms with van der Waals surface area (Å²) in [7, 11) is 0. The minimum atomic E-state index is 0.0272. The normalized spacial score (nSPS) is 14.5. The smallest absolute Gasteiger partial charge is 0.00226 e. The fourth-order valence-electron chi connectivity index (χ4n) is 11.1. The minimum Gasteiger partial charge on any atom is -0.0584 e. The highest BCUT2D eigenvalue weighted by Gasteiger charge is 2.26. The summed E-state index contributed by atoms with van der Waals surface area (Å²) in [4.78, 5) is 0. The summed E-state index contributed by atoms with van der Waals surface area (Å²) in [5.74, 6) is 0. The first kappa shape index (κ1) is 49.2. The lowest BCUT2D eigenvalue weighted by Gasteiger charge is -2.28. The molecule has 0 saturated heterocycles. The molecular formula is C66H84. The van der Waals surface area contributed by atoms with E-state index in [0.717, 1.165) is 38.5 Å². The predicted molar refractivity (Wildman–Crippen MR) is 288 cm³/mol. The predicted octanol–water partition coefficient (Wildman–Crippen LogP) is 17.3. The van der Waals surface area contributed by atoms with Crippen molar-refractivity contribution in [1.29, 1.82) is 0 Å². The SMILES string of the molecule is CC(C)(C)c1ccc2cc1Cc1ccc(C(C)(C)C)c(c1)Cc1ccc(C(C)(C)C)c(c1)Cc1ccc(C(C)(C)C)c(c1)Cc1ccc(C(C)(C)C)c(c1)Cc1ccc(C(C)(C)C)c(c1)C2. The van der Waals surface area contributed by atoms with Crippen LogP contribution in [0.25, 0.3) is 0 Å². The van der Waals surface area contributed by atoms with E-state index >= 15 is 0 Å². The molecule has 348 valence electrons. The number of hydrogen-bond donors (Lipinski definition) is 0. The standard InChI is InChI=1S/C66H84/c1-61(2,3)55-25-19-43-31-49(55)37-44-20-26-56(62(4,5)6)50(32-44)39-46-22-28-58(64(10,11)12)52(34-46)41-48-24-30-60(66(16,17)18)54(36-48)42-47-23-29-59(65(13,14)15)53(35-47)40-45-21-27-57(63(7,8)9)51(33-45)38-43/h19-36H,37-42H2,1-18H3. The first-order valence-electron chi connectivity index (χ1n) is 25.2. The van der Waals surface area contributed by atoms with Crippen LogP contribution in [0, 0.1) is 0 Å².